The van der Waals surface area contributed by atoms with Crippen molar-refractivity contribution >= 4 is 40.5 Å². The molecule has 4 aromatic carbocycles. The van der Waals surface area contributed by atoms with E-state index in [4.69, 9.17) is 5.11 Å². The molecular formula is C33H38N2O2S2. The quantitative estimate of drug-likeness (QED) is 0.129. The highest BCUT2D eigenvalue weighted by Gasteiger charge is 2.19. The number of carboxylic acid groups (broad SMARTS) is 1. The number of benzene rings is 4. The highest BCUT2D eigenvalue weighted by atomic mass is 32.2. The smallest absolute Gasteiger partial charge is 0.313 e. The molecule has 0 aliphatic carbocycles. The average Bonchev–Trinajstić information content (AvgIpc) is 2.91. The molecule has 0 saturated heterocycles. The van der Waals surface area contributed by atoms with Crippen molar-refractivity contribution in [3.63, 3.8) is 0 Å². The van der Waals surface area contributed by atoms with Gasteiger partial charge in [-0.1, -0.05) is 73.7 Å². The zero-order valence-electron chi connectivity index (χ0n) is 23.2. The Morgan fingerprint density at radius 1 is 0.897 bits per heavy atom. The van der Waals surface area contributed by atoms with Crippen LogP contribution in [-0.4, -0.2) is 46.8 Å². The van der Waals surface area contributed by atoms with E-state index in [1.807, 2.05) is 12.1 Å². The molecule has 0 saturated carbocycles. The van der Waals surface area contributed by atoms with E-state index in [1.165, 1.54) is 33.0 Å². The number of rotatable bonds is 13. The SMILES string of the molecule is CC(CNC(C)(C)Cc1ccc2ccccc2c1)CN(C)Sc1ccc(-c2ccc(SCC(=O)O)cc2)cc1. The van der Waals surface area contributed by atoms with Gasteiger partial charge in [0.05, 0.1) is 5.75 Å². The summed E-state index contributed by atoms with van der Waals surface area (Å²) in [6.07, 6.45) is 0.991. The second kappa shape index (κ2) is 13.5. The van der Waals surface area contributed by atoms with E-state index < -0.39 is 5.97 Å². The molecule has 0 aromatic heterocycles. The van der Waals surface area contributed by atoms with Gasteiger partial charge in [-0.15, -0.1) is 11.8 Å². The molecule has 1 unspecified atom stereocenters. The Hall–Kier alpha value is -2.77. The first-order chi connectivity index (χ1) is 18.7. The lowest BCUT2D eigenvalue weighted by Gasteiger charge is -2.29. The topological polar surface area (TPSA) is 52.6 Å². The van der Waals surface area contributed by atoms with Gasteiger partial charge in [0, 0.05) is 21.9 Å². The maximum atomic E-state index is 10.8. The van der Waals surface area contributed by atoms with Crippen LogP contribution in [0.15, 0.2) is 101 Å². The summed E-state index contributed by atoms with van der Waals surface area (Å²) >= 11 is 3.11. The summed E-state index contributed by atoms with van der Waals surface area (Å²) in [5, 5.41) is 15.2. The van der Waals surface area contributed by atoms with Gasteiger partial charge < -0.3 is 10.4 Å². The minimum Gasteiger partial charge on any atom is -0.481 e. The lowest BCUT2D eigenvalue weighted by atomic mass is 9.93. The number of carboxylic acids is 1. The van der Waals surface area contributed by atoms with E-state index in [9.17, 15) is 4.79 Å². The predicted molar refractivity (Wildman–Crippen MR) is 168 cm³/mol. The summed E-state index contributed by atoms with van der Waals surface area (Å²) in [6, 6.07) is 32.0. The third-order valence-electron chi connectivity index (χ3n) is 6.62. The molecule has 4 rings (SSSR count). The van der Waals surface area contributed by atoms with Crippen molar-refractivity contribution in [2.75, 3.05) is 25.9 Å². The van der Waals surface area contributed by atoms with Crippen LogP contribution in [0.5, 0.6) is 0 Å². The lowest BCUT2D eigenvalue weighted by molar-refractivity contribution is -0.133. The van der Waals surface area contributed by atoms with Crippen LogP contribution >= 0.6 is 23.7 Å². The molecular weight excluding hydrogens is 521 g/mol. The Kier molecular flexibility index (Phi) is 10.1. The third kappa shape index (κ3) is 9.14. The molecule has 0 bridgehead atoms. The fourth-order valence-electron chi connectivity index (χ4n) is 4.69. The summed E-state index contributed by atoms with van der Waals surface area (Å²) in [6.45, 7) is 8.83. The molecule has 0 aliphatic heterocycles. The minimum absolute atomic E-state index is 0.0193. The van der Waals surface area contributed by atoms with Gasteiger partial charge >= 0.3 is 5.97 Å². The molecule has 2 N–H and O–H groups in total. The second-order valence-corrected chi connectivity index (χ2v) is 13.2. The van der Waals surface area contributed by atoms with Crippen LogP contribution in [0.3, 0.4) is 0 Å². The van der Waals surface area contributed by atoms with Crippen molar-refractivity contribution < 1.29 is 9.90 Å². The largest absolute Gasteiger partial charge is 0.481 e. The molecule has 39 heavy (non-hydrogen) atoms. The van der Waals surface area contributed by atoms with E-state index in [0.717, 1.165) is 35.5 Å². The first kappa shape index (κ1) is 29.2. The zero-order valence-corrected chi connectivity index (χ0v) is 24.8. The molecule has 1 atom stereocenters. The Balaban J connectivity index is 1.23. The first-order valence-electron chi connectivity index (χ1n) is 13.3. The Morgan fingerprint density at radius 3 is 2.15 bits per heavy atom. The summed E-state index contributed by atoms with van der Waals surface area (Å²) in [5.41, 5.74) is 3.67. The Morgan fingerprint density at radius 2 is 1.51 bits per heavy atom. The molecule has 0 amide bonds. The second-order valence-electron chi connectivity index (χ2n) is 10.9. The Labute approximate surface area is 241 Å². The minimum atomic E-state index is -0.798. The first-order valence-corrected chi connectivity index (χ1v) is 15.1. The van der Waals surface area contributed by atoms with Crippen LogP contribution in [0.25, 0.3) is 21.9 Å². The van der Waals surface area contributed by atoms with Crippen LogP contribution in [0.1, 0.15) is 26.3 Å². The number of hydrogen-bond donors (Lipinski definition) is 2. The molecule has 4 aromatic rings. The maximum Gasteiger partial charge on any atom is 0.313 e. The number of fused-ring (bicyclic) bond motifs is 1. The van der Waals surface area contributed by atoms with Gasteiger partial charge in [-0.05, 0) is 103 Å². The maximum absolute atomic E-state index is 10.8. The summed E-state index contributed by atoms with van der Waals surface area (Å²) in [4.78, 5) is 12.9. The molecule has 0 spiro atoms. The number of carbonyl (C=O) groups is 1. The molecule has 0 heterocycles. The fraction of sp³-hybridized carbons (Fsp3) is 0.303. The highest BCUT2D eigenvalue weighted by Crippen LogP contribution is 2.28. The molecule has 204 valence electrons. The van der Waals surface area contributed by atoms with E-state index in [1.54, 1.807) is 11.9 Å². The van der Waals surface area contributed by atoms with Crippen LogP contribution < -0.4 is 5.32 Å². The van der Waals surface area contributed by atoms with E-state index in [2.05, 4.69) is 116 Å². The van der Waals surface area contributed by atoms with E-state index >= 15 is 0 Å². The van der Waals surface area contributed by atoms with Gasteiger partial charge in [0.2, 0.25) is 0 Å². The van der Waals surface area contributed by atoms with Gasteiger partial charge in [-0.3, -0.25) is 4.79 Å². The highest BCUT2D eigenvalue weighted by molar-refractivity contribution is 8.00. The number of nitrogens with zero attached hydrogens (tertiary/aromatic N) is 1. The number of nitrogens with one attached hydrogen (secondary N) is 1. The van der Waals surface area contributed by atoms with Crippen molar-refractivity contribution in [1.82, 2.24) is 9.62 Å². The standard InChI is InChI=1S/C33H38N2O2S2/c1-24(21-34-33(2,3)20-25-9-10-26-7-5-6-8-29(26)19-25)22-35(4)39-31-17-13-28(14-18-31)27-11-15-30(16-12-27)38-23-32(36)37/h5-19,24,34H,20-23H2,1-4H3,(H,36,37). The van der Waals surface area contributed by atoms with Crippen molar-refractivity contribution in [3.05, 3.63) is 96.6 Å². The Bertz CT molecular complexity index is 1370. The van der Waals surface area contributed by atoms with Gasteiger partial charge in [0.15, 0.2) is 0 Å². The summed E-state index contributed by atoms with van der Waals surface area (Å²) < 4.78 is 2.31. The van der Waals surface area contributed by atoms with Gasteiger partial charge in [0.25, 0.3) is 0 Å². The fourth-order valence-corrected chi connectivity index (χ4v) is 6.26. The monoisotopic (exact) mass is 558 g/mol. The molecule has 0 fully saturated rings. The summed E-state index contributed by atoms with van der Waals surface area (Å²) in [7, 11) is 2.16. The molecule has 0 aliphatic rings. The predicted octanol–water partition coefficient (Wildman–Crippen LogP) is 7.87. The molecule has 4 nitrogen and oxygen atoms in total. The summed E-state index contributed by atoms with van der Waals surface area (Å²) in [5.74, 6) is -0.208. The molecule has 6 heteroatoms. The average molecular weight is 559 g/mol. The van der Waals surface area contributed by atoms with Crippen molar-refractivity contribution in [1.29, 1.82) is 0 Å². The normalized spacial score (nSPS) is 12.6. The van der Waals surface area contributed by atoms with Crippen molar-refractivity contribution in [3.8, 4) is 11.1 Å². The van der Waals surface area contributed by atoms with Crippen molar-refractivity contribution in [2.45, 2.75) is 42.5 Å². The lowest BCUT2D eigenvalue weighted by Crippen LogP contribution is -2.44. The van der Waals surface area contributed by atoms with Crippen LogP contribution in [0.4, 0.5) is 0 Å². The van der Waals surface area contributed by atoms with E-state index in [-0.39, 0.29) is 11.3 Å². The van der Waals surface area contributed by atoms with Crippen molar-refractivity contribution in [2.24, 2.45) is 5.92 Å². The number of thioether (sulfide) groups is 1. The van der Waals surface area contributed by atoms with Gasteiger partial charge in [0.1, 0.15) is 0 Å². The molecule has 0 radical (unpaired) electrons. The van der Waals surface area contributed by atoms with Crippen LogP contribution in [0, 0.1) is 5.92 Å². The van der Waals surface area contributed by atoms with Crippen LogP contribution in [0.2, 0.25) is 0 Å². The zero-order chi connectivity index (χ0) is 27.8. The number of hydrogen-bond acceptors (Lipinski definition) is 5. The van der Waals surface area contributed by atoms with Gasteiger partial charge in [-0.25, -0.2) is 4.31 Å². The van der Waals surface area contributed by atoms with Gasteiger partial charge in [-0.2, -0.15) is 0 Å². The van der Waals surface area contributed by atoms with E-state index in [0.29, 0.717) is 5.92 Å². The van der Waals surface area contributed by atoms with Crippen LogP contribution in [-0.2, 0) is 11.2 Å². The number of aliphatic carboxylic acids is 1. The third-order valence-corrected chi connectivity index (χ3v) is 8.56.